The second-order valence-corrected chi connectivity index (χ2v) is 11.6. The highest BCUT2D eigenvalue weighted by atomic mass is 32.1. The van der Waals surface area contributed by atoms with Crippen molar-refractivity contribution in [1.82, 2.24) is 15.0 Å². The number of thiazole rings is 1. The molecule has 3 aromatic heterocycles. The third kappa shape index (κ3) is 5.95. The first-order chi connectivity index (χ1) is 19.2. The van der Waals surface area contributed by atoms with E-state index < -0.39 is 0 Å². The maximum Gasteiger partial charge on any atom is 0.274 e. The smallest absolute Gasteiger partial charge is 0.274 e. The van der Waals surface area contributed by atoms with Crippen molar-refractivity contribution in [2.45, 2.75) is 38.5 Å². The fourth-order valence-corrected chi connectivity index (χ4v) is 6.72. The number of nitrogens with one attached hydrogen (secondary N) is 1. The van der Waals surface area contributed by atoms with Crippen LogP contribution in [0.3, 0.4) is 0 Å². The highest BCUT2D eigenvalue weighted by molar-refractivity contribution is 7.22. The van der Waals surface area contributed by atoms with Crippen molar-refractivity contribution >= 4 is 50.0 Å². The standard InChI is InChI=1S/C28H37N7O3S/c36-16-9-20-7-12-33(13-8-20)24-6-4-5-21(29-24)27(37)30-22-19-23-25(31-26(22)34-10-2-1-3-11-34)32-28(39-23)35-14-17-38-18-15-35/h4-6,19-20,36H,1-3,7-18H2,(H,30,37). The zero-order chi connectivity index (χ0) is 26.6. The SMILES string of the molecule is O=C(Nc1cc2sc(N3CCOCC3)nc2nc1N1CCCCC1)c1cccc(N2CCC(CCO)CC2)n1. The van der Waals surface area contributed by atoms with Crippen molar-refractivity contribution in [3.63, 3.8) is 0 Å². The van der Waals surface area contributed by atoms with Gasteiger partial charge in [0.2, 0.25) is 0 Å². The summed E-state index contributed by atoms with van der Waals surface area (Å²) in [6, 6.07) is 7.68. The lowest BCUT2D eigenvalue weighted by Crippen LogP contribution is -2.36. The highest BCUT2D eigenvalue weighted by Gasteiger charge is 2.24. The number of pyridine rings is 2. The second-order valence-electron chi connectivity index (χ2n) is 10.6. The van der Waals surface area contributed by atoms with Crippen LogP contribution >= 0.6 is 11.3 Å². The molecule has 3 aliphatic rings. The zero-order valence-corrected chi connectivity index (χ0v) is 23.2. The number of ether oxygens (including phenoxy) is 1. The van der Waals surface area contributed by atoms with E-state index in [4.69, 9.17) is 19.7 Å². The summed E-state index contributed by atoms with van der Waals surface area (Å²) in [7, 11) is 0. The number of aliphatic hydroxyl groups is 1. The maximum atomic E-state index is 13.5. The van der Waals surface area contributed by atoms with Gasteiger partial charge in [-0.3, -0.25) is 4.79 Å². The monoisotopic (exact) mass is 551 g/mol. The predicted octanol–water partition coefficient (Wildman–Crippen LogP) is 3.76. The van der Waals surface area contributed by atoms with Gasteiger partial charge >= 0.3 is 0 Å². The van der Waals surface area contributed by atoms with Gasteiger partial charge in [0.1, 0.15) is 11.5 Å². The molecule has 3 aromatic rings. The number of fused-ring (bicyclic) bond motifs is 1. The van der Waals surface area contributed by atoms with Crippen molar-refractivity contribution in [1.29, 1.82) is 0 Å². The van der Waals surface area contributed by atoms with Crippen LogP contribution in [0.5, 0.6) is 0 Å². The molecule has 3 saturated heterocycles. The van der Waals surface area contributed by atoms with E-state index in [0.29, 0.717) is 30.5 Å². The molecule has 0 radical (unpaired) electrons. The van der Waals surface area contributed by atoms with Gasteiger partial charge in [0, 0.05) is 45.9 Å². The number of hydrogen-bond acceptors (Lipinski definition) is 10. The van der Waals surface area contributed by atoms with Gasteiger partial charge in [0.25, 0.3) is 5.91 Å². The Kier molecular flexibility index (Phi) is 8.08. The Morgan fingerprint density at radius 3 is 2.54 bits per heavy atom. The van der Waals surface area contributed by atoms with Gasteiger partial charge in [-0.25, -0.2) is 9.97 Å². The van der Waals surface area contributed by atoms with Crippen LogP contribution in [0.4, 0.5) is 22.5 Å². The summed E-state index contributed by atoms with van der Waals surface area (Å²) >= 11 is 1.61. The number of aromatic nitrogens is 3. The molecule has 3 aliphatic heterocycles. The van der Waals surface area contributed by atoms with Crippen molar-refractivity contribution in [3.8, 4) is 0 Å². The molecular formula is C28H37N7O3S. The van der Waals surface area contributed by atoms with Crippen LogP contribution in [-0.4, -0.2) is 85.1 Å². The minimum Gasteiger partial charge on any atom is -0.396 e. The Balaban J connectivity index is 1.24. The molecule has 0 aliphatic carbocycles. The molecule has 6 heterocycles. The molecule has 0 atom stereocenters. The van der Waals surface area contributed by atoms with Crippen LogP contribution in [0.15, 0.2) is 24.3 Å². The van der Waals surface area contributed by atoms with Crippen molar-refractivity contribution in [2.75, 3.05) is 79.1 Å². The second kappa shape index (κ2) is 12.0. The fourth-order valence-electron chi connectivity index (χ4n) is 5.72. The maximum absolute atomic E-state index is 13.5. The Labute approximate surface area is 233 Å². The fraction of sp³-hybridized carbons (Fsp3) is 0.571. The van der Waals surface area contributed by atoms with Gasteiger partial charge in [0.15, 0.2) is 16.6 Å². The van der Waals surface area contributed by atoms with Crippen LogP contribution in [0, 0.1) is 5.92 Å². The van der Waals surface area contributed by atoms with E-state index >= 15 is 0 Å². The molecule has 0 aromatic carbocycles. The molecule has 2 N–H and O–H groups in total. The Hall–Kier alpha value is -3.02. The first-order valence-corrected chi connectivity index (χ1v) is 15.0. The lowest BCUT2D eigenvalue weighted by atomic mass is 9.94. The van der Waals surface area contributed by atoms with Gasteiger partial charge in [-0.1, -0.05) is 17.4 Å². The van der Waals surface area contributed by atoms with Gasteiger partial charge in [-0.2, -0.15) is 4.98 Å². The molecule has 0 saturated carbocycles. The zero-order valence-electron chi connectivity index (χ0n) is 22.3. The molecule has 0 bridgehead atoms. The van der Waals surface area contributed by atoms with Gasteiger partial charge < -0.3 is 29.9 Å². The number of morpholine rings is 1. The van der Waals surface area contributed by atoms with E-state index in [9.17, 15) is 9.90 Å². The third-order valence-electron chi connectivity index (χ3n) is 7.98. The summed E-state index contributed by atoms with van der Waals surface area (Å²) in [6.07, 6.45) is 6.36. The van der Waals surface area contributed by atoms with E-state index in [0.717, 1.165) is 98.5 Å². The van der Waals surface area contributed by atoms with Crippen molar-refractivity contribution < 1.29 is 14.6 Å². The number of rotatable bonds is 7. The summed E-state index contributed by atoms with van der Waals surface area (Å²) in [6.45, 7) is 6.91. The lowest BCUT2D eigenvalue weighted by Gasteiger charge is -2.32. The Morgan fingerprint density at radius 2 is 1.77 bits per heavy atom. The summed E-state index contributed by atoms with van der Waals surface area (Å²) in [5.74, 6) is 1.94. The van der Waals surface area contributed by atoms with Crippen LogP contribution < -0.4 is 20.0 Å². The van der Waals surface area contributed by atoms with Crippen LogP contribution in [0.25, 0.3) is 10.3 Å². The van der Waals surface area contributed by atoms with Gasteiger partial charge in [-0.05, 0) is 62.6 Å². The number of nitrogens with zero attached hydrogens (tertiary/aromatic N) is 6. The quantitative estimate of drug-likeness (QED) is 0.454. The van der Waals surface area contributed by atoms with E-state index in [1.165, 1.54) is 6.42 Å². The van der Waals surface area contributed by atoms with Crippen LogP contribution in [0.2, 0.25) is 0 Å². The molecule has 6 rings (SSSR count). The average molecular weight is 552 g/mol. The molecule has 10 nitrogen and oxygen atoms in total. The summed E-state index contributed by atoms with van der Waals surface area (Å²) < 4.78 is 6.47. The number of piperidine rings is 2. The number of aliphatic hydroxyl groups excluding tert-OH is 1. The van der Waals surface area contributed by atoms with Crippen LogP contribution in [-0.2, 0) is 4.74 Å². The predicted molar refractivity (Wildman–Crippen MR) is 155 cm³/mol. The first-order valence-electron chi connectivity index (χ1n) is 14.2. The third-order valence-corrected chi connectivity index (χ3v) is 9.03. The molecular weight excluding hydrogens is 514 g/mol. The van der Waals surface area contributed by atoms with E-state index in [2.05, 4.69) is 20.0 Å². The first kappa shape index (κ1) is 26.2. The number of carbonyl (C=O) groups is 1. The molecule has 3 fully saturated rings. The number of carbonyl (C=O) groups excluding carboxylic acids is 1. The molecule has 0 unspecified atom stereocenters. The van der Waals surface area contributed by atoms with Crippen molar-refractivity contribution in [3.05, 3.63) is 30.0 Å². The van der Waals surface area contributed by atoms with Gasteiger partial charge in [-0.15, -0.1) is 0 Å². The number of hydrogen-bond donors (Lipinski definition) is 2. The summed E-state index contributed by atoms with van der Waals surface area (Å²) in [5, 5.41) is 13.4. The molecule has 11 heteroatoms. The highest BCUT2D eigenvalue weighted by Crippen LogP contribution is 2.36. The van der Waals surface area contributed by atoms with E-state index in [1.807, 2.05) is 18.2 Å². The van der Waals surface area contributed by atoms with Crippen molar-refractivity contribution in [2.24, 2.45) is 5.92 Å². The normalized spacial score (nSPS) is 19.1. The topological polar surface area (TPSA) is 107 Å². The Bertz CT molecular complexity index is 1280. The number of amides is 1. The van der Waals surface area contributed by atoms with Gasteiger partial charge in [0.05, 0.1) is 23.6 Å². The minimum absolute atomic E-state index is 0.232. The van der Waals surface area contributed by atoms with E-state index in [1.54, 1.807) is 17.4 Å². The molecule has 39 heavy (non-hydrogen) atoms. The molecule has 0 spiro atoms. The Morgan fingerprint density at radius 1 is 0.974 bits per heavy atom. The largest absolute Gasteiger partial charge is 0.396 e. The average Bonchev–Trinajstić information content (AvgIpc) is 3.41. The minimum atomic E-state index is -0.232. The molecule has 1 amide bonds. The lowest BCUT2D eigenvalue weighted by molar-refractivity contribution is 0.102. The number of anilines is 4. The molecule has 208 valence electrons. The summed E-state index contributed by atoms with van der Waals surface area (Å²) in [5.41, 5.74) is 1.83. The van der Waals surface area contributed by atoms with Crippen LogP contribution in [0.1, 0.15) is 49.0 Å². The summed E-state index contributed by atoms with van der Waals surface area (Å²) in [4.78, 5) is 34.8. The van der Waals surface area contributed by atoms with E-state index in [-0.39, 0.29) is 12.5 Å².